The van der Waals surface area contributed by atoms with Gasteiger partial charge in [-0.3, -0.25) is 4.79 Å². The molecule has 0 bridgehead atoms. The number of ketones is 1. The molecule has 0 unspecified atom stereocenters. The second-order valence-electron chi connectivity index (χ2n) is 24.5. The normalized spacial score (nSPS) is 55.6. The first-order chi connectivity index (χ1) is 38.4. The Morgan fingerprint density at radius 3 is 2.00 bits per heavy atom. The number of rotatable bonds is 12. The first kappa shape index (κ1) is 60.7. The number of aliphatic hydroxyl groups excluding tert-OH is 14. The maximum Gasteiger partial charge on any atom is 0.203 e. The minimum absolute atomic E-state index is 0.0133. The largest absolute Gasteiger partial charge is 0.396 e. The van der Waals surface area contributed by atoms with E-state index < -0.39 is 227 Å². The van der Waals surface area contributed by atoms with Crippen molar-refractivity contribution >= 4 is 5.78 Å². The number of Topliss-reactive ketones (excluding diaryl/α,β-unsaturated/α-hetero) is 1. The van der Waals surface area contributed by atoms with Gasteiger partial charge in [0.15, 0.2) is 37.2 Å². The Balaban J connectivity index is 0.869. The van der Waals surface area contributed by atoms with E-state index in [1.807, 2.05) is 13.0 Å². The standard InChI is InChI=1S/C53H80O28/c1-17-12-73-53(44(67)39(17)77-47-37(65)35(63)31(59)18(2)74-47)25(11-54)30-23-7-8-24-22(29(23)34(62)41(30)81-53)6-5-20-9-21(56)10-28(51(20,24)4)76-49-43(40(27(58)14-71-49)78-46-36(64)33(61)26(57)13-70-46)80-48-38(66)42(32(60)19(3)75-48)79-50-45(68)52(69,15-55)16-72-50/h5,17-19,21-22,24-28,30-33,35-50,54-61,63-69H,6-16H2,1-4H3/t17-,18-,19-,21+,22-,24+,25-,26+,27-,28+,30-,31-,32-,33-,35+,36+,37+,38+,39-,40-,41+,42+,43+,44-,45-,46-,47-,48-,49-,50-,51-,52+,53-/m0/s1. The molecule has 1 saturated carbocycles. The van der Waals surface area contributed by atoms with E-state index in [2.05, 4.69) is 0 Å². The number of fused-ring (bicyclic) bond motifs is 6. The van der Waals surface area contributed by atoms with Crippen LogP contribution in [-0.4, -0.2) is 287 Å². The van der Waals surface area contributed by atoms with Crippen LogP contribution in [0.1, 0.15) is 59.8 Å². The minimum Gasteiger partial charge on any atom is -0.396 e. The van der Waals surface area contributed by atoms with Crippen molar-refractivity contribution in [2.45, 2.75) is 225 Å². The smallest absolute Gasteiger partial charge is 0.203 e. The van der Waals surface area contributed by atoms with Gasteiger partial charge in [0.1, 0.15) is 97.2 Å². The summed E-state index contributed by atoms with van der Waals surface area (Å²) in [5.41, 5.74) is -0.999. The highest BCUT2D eigenvalue weighted by Gasteiger charge is 2.70. The Kier molecular flexibility index (Phi) is 17.2. The van der Waals surface area contributed by atoms with Crippen molar-refractivity contribution in [2.75, 3.05) is 39.6 Å². The van der Waals surface area contributed by atoms with Gasteiger partial charge in [-0.15, -0.1) is 0 Å². The molecule has 7 heterocycles. The van der Waals surface area contributed by atoms with E-state index in [4.69, 9.17) is 56.8 Å². The Bertz CT molecular complexity index is 2330. The number of ether oxygens (including phenoxy) is 12. The molecule has 0 amide bonds. The third kappa shape index (κ3) is 10.0. The van der Waals surface area contributed by atoms with Crippen LogP contribution >= 0.6 is 0 Å². The second-order valence-corrected chi connectivity index (χ2v) is 24.5. The van der Waals surface area contributed by atoms with Crippen LogP contribution in [0, 0.1) is 35.0 Å². The summed E-state index contributed by atoms with van der Waals surface area (Å²) in [6.07, 6.45) is -34.4. The van der Waals surface area contributed by atoms with E-state index in [9.17, 15) is 76.6 Å². The molecule has 11 rings (SSSR count). The molecule has 0 aromatic carbocycles. The lowest BCUT2D eigenvalue weighted by Gasteiger charge is -2.57. The van der Waals surface area contributed by atoms with Crippen LogP contribution < -0.4 is 0 Å². The highest BCUT2D eigenvalue weighted by atomic mass is 16.8. The summed E-state index contributed by atoms with van der Waals surface area (Å²) < 4.78 is 73.5. The molecule has 7 aliphatic heterocycles. The molecular formula is C53H80O28. The number of allylic oxidation sites excluding steroid dienone is 1. The molecule has 0 aromatic heterocycles. The maximum atomic E-state index is 15.1. The predicted molar refractivity (Wildman–Crippen MR) is 261 cm³/mol. The summed E-state index contributed by atoms with van der Waals surface area (Å²) in [7, 11) is 0. The fourth-order valence-corrected chi connectivity index (χ4v) is 14.9. The van der Waals surface area contributed by atoms with Gasteiger partial charge in [-0.2, -0.15) is 0 Å². The Labute approximate surface area is 465 Å². The molecule has 28 heteroatoms. The van der Waals surface area contributed by atoms with Crippen LogP contribution in [-0.2, 0) is 61.6 Å². The van der Waals surface area contributed by atoms with Crippen molar-refractivity contribution in [3.05, 3.63) is 22.8 Å². The molecule has 460 valence electrons. The van der Waals surface area contributed by atoms with Gasteiger partial charge in [-0.05, 0) is 51.4 Å². The molecule has 81 heavy (non-hydrogen) atoms. The molecule has 8 fully saturated rings. The molecule has 0 radical (unpaired) electrons. The predicted octanol–water partition coefficient (Wildman–Crippen LogP) is -6.45. The molecule has 33 atom stereocenters. The van der Waals surface area contributed by atoms with Crippen LogP contribution in [0.15, 0.2) is 22.8 Å². The van der Waals surface area contributed by atoms with Crippen molar-refractivity contribution in [1.29, 1.82) is 0 Å². The third-order valence-electron chi connectivity index (χ3n) is 19.7. The van der Waals surface area contributed by atoms with Crippen LogP contribution in [0.2, 0.25) is 0 Å². The number of aliphatic hydroxyl groups is 15. The lowest BCUT2D eigenvalue weighted by Crippen LogP contribution is -2.65. The van der Waals surface area contributed by atoms with Gasteiger partial charge in [0, 0.05) is 35.2 Å². The van der Waals surface area contributed by atoms with Crippen molar-refractivity contribution in [1.82, 2.24) is 0 Å². The van der Waals surface area contributed by atoms with E-state index in [0.29, 0.717) is 24.8 Å². The number of hydrogen-bond donors (Lipinski definition) is 15. The van der Waals surface area contributed by atoms with Gasteiger partial charge >= 0.3 is 0 Å². The fraction of sp³-hybridized carbons (Fsp3) is 0.906. The first-order valence-electron chi connectivity index (χ1n) is 28.2. The van der Waals surface area contributed by atoms with Gasteiger partial charge < -0.3 is 133 Å². The highest BCUT2D eigenvalue weighted by Crippen LogP contribution is 2.64. The summed E-state index contributed by atoms with van der Waals surface area (Å²) in [6.45, 7) is 3.56. The Morgan fingerprint density at radius 2 is 1.30 bits per heavy atom. The van der Waals surface area contributed by atoms with Crippen molar-refractivity contribution in [3.8, 4) is 0 Å². The fourth-order valence-electron chi connectivity index (χ4n) is 14.9. The topological polar surface area (TPSA) is 431 Å². The molecule has 28 nitrogen and oxygen atoms in total. The van der Waals surface area contributed by atoms with Crippen LogP contribution in [0.5, 0.6) is 0 Å². The minimum atomic E-state index is -2.13. The highest BCUT2D eigenvalue weighted by molar-refractivity contribution is 6.04. The van der Waals surface area contributed by atoms with Crippen molar-refractivity contribution < 1.29 is 138 Å². The molecule has 11 aliphatic rings. The average molecular weight is 1170 g/mol. The monoisotopic (exact) mass is 1160 g/mol. The van der Waals surface area contributed by atoms with Gasteiger partial charge in [0.25, 0.3) is 0 Å². The summed E-state index contributed by atoms with van der Waals surface area (Å²) in [6, 6.07) is 0. The van der Waals surface area contributed by atoms with Gasteiger partial charge in [0.2, 0.25) is 5.79 Å². The number of carbonyl (C=O) groups excluding carboxylic acids is 1. The summed E-state index contributed by atoms with van der Waals surface area (Å²) in [4.78, 5) is 15.1. The molecule has 1 spiro atoms. The first-order valence-corrected chi connectivity index (χ1v) is 28.2. The van der Waals surface area contributed by atoms with Gasteiger partial charge in [-0.1, -0.05) is 31.1 Å². The summed E-state index contributed by atoms with van der Waals surface area (Å²) in [5, 5.41) is 164. The maximum absolute atomic E-state index is 15.1. The van der Waals surface area contributed by atoms with Crippen molar-refractivity contribution in [2.24, 2.45) is 35.0 Å². The molecule has 7 saturated heterocycles. The molecular weight excluding hydrogens is 1080 g/mol. The molecule has 0 aromatic rings. The van der Waals surface area contributed by atoms with E-state index >= 15 is 4.79 Å². The van der Waals surface area contributed by atoms with Crippen LogP contribution in [0.3, 0.4) is 0 Å². The quantitative estimate of drug-likeness (QED) is 0.0808. The molecule has 4 aliphatic carbocycles. The zero-order valence-corrected chi connectivity index (χ0v) is 45.2. The van der Waals surface area contributed by atoms with E-state index in [1.165, 1.54) is 13.8 Å². The van der Waals surface area contributed by atoms with E-state index in [0.717, 1.165) is 11.1 Å². The van der Waals surface area contributed by atoms with E-state index in [-0.39, 0.29) is 31.1 Å². The SMILES string of the molecule is C[C@@H]1O[C@@H](O[C@H]2[C@@H](C)CO[C@@]3(O[C@H]4C(=O)C5=C(CC[C@@H]6[C@@H]5CC=C5C[C@@H](O)C[C@@H](O[C@@H]7OC[C@H](O)[C@H](O[C@@H]8OC[C@@H](O)[C@H](O)[C@H]8O)[C@H]7O[C@@H]7O[C@@H](C)[C@H](O)[C@@H](O[C@@H]8OC[C@](O)(CO)[C@H]8O)[C@H]7O)[C@@]56C)[C@H]4[C@@H]3CO)[C@H]2O)[C@H](O)[C@H](O)[C@H]1O. The van der Waals surface area contributed by atoms with Crippen molar-refractivity contribution in [3.63, 3.8) is 0 Å². The Morgan fingerprint density at radius 1 is 0.654 bits per heavy atom. The van der Waals surface area contributed by atoms with E-state index in [1.54, 1.807) is 6.92 Å². The summed E-state index contributed by atoms with van der Waals surface area (Å²) in [5.74, 6) is -5.33. The lowest BCUT2D eigenvalue weighted by molar-refractivity contribution is -0.387. The van der Waals surface area contributed by atoms with Gasteiger partial charge in [-0.25, -0.2) is 0 Å². The number of carbonyl (C=O) groups is 1. The summed E-state index contributed by atoms with van der Waals surface area (Å²) >= 11 is 0. The second kappa shape index (κ2) is 23.0. The zero-order chi connectivity index (χ0) is 58.1. The third-order valence-corrected chi connectivity index (χ3v) is 19.7. The van der Waals surface area contributed by atoms with Gasteiger partial charge in [0.05, 0.1) is 70.2 Å². The molecule has 15 N–H and O–H groups in total. The lowest BCUT2D eigenvalue weighted by atomic mass is 9.51. The Hall–Kier alpha value is -1.93. The van der Waals surface area contributed by atoms with Crippen LogP contribution in [0.25, 0.3) is 0 Å². The van der Waals surface area contributed by atoms with Crippen LogP contribution in [0.4, 0.5) is 0 Å². The zero-order valence-electron chi connectivity index (χ0n) is 45.2. The average Bonchev–Trinajstić information content (AvgIpc) is 4.20. The number of hydrogen-bond acceptors (Lipinski definition) is 28.